The van der Waals surface area contributed by atoms with Gasteiger partial charge in [-0.25, -0.2) is 0 Å². The molecule has 1 aliphatic rings. The van der Waals surface area contributed by atoms with Gasteiger partial charge in [0.15, 0.2) is 0 Å². The number of hydrogen-bond donors (Lipinski definition) is 1. The fourth-order valence-electron chi connectivity index (χ4n) is 1.48. The highest BCUT2D eigenvalue weighted by molar-refractivity contribution is 5.75. The third-order valence-corrected chi connectivity index (χ3v) is 2.80. The van der Waals surface area contributed by atoms with Gasteiger partial charge < -0.3 is 15.5 Å². The smallest absolute Gasteiger partial charge is 0.150 e. The molecule has 0 aromatic heterocycles. The van der Waals surface area contributed by atoms with E-state index < -0.39 is 0 Å². The maximum absolute atomic E-state index is 10.1. The maximum Gasteiger partial charge on any atom is 0.150 e. The average Bonchev–Trinajstić information content (AvgIpc) is 2.35. The van der Waals surface area contributed by atoms with Gasteiger partial charge in [0.25, 0.3) is 0 Å². The van der Waals surface area contributed by atoms with Crippen LogP contribution in [0.2, 0.25) is 0 Å². The van der Waals surface area contributed by atoms with Crippen molar-refractivity contribution in [1.29, 1.82) is 0 Å². The molecule has 1 fully saturated rings. The fraction of sp³-hybridized carbons (Fsp3) is 0.462. The monoisotopic (exact) mass is 235 g/mol. The Hall–Kier alpha value is -1.39. The number of nitrogen functional groups attached to an aromatic ring is 1. The molecular weight excluding hydrogens is 214 g/mol. The standard InChI is InChI=1S/C7H7NO.C6H14N2/c8-7-3-1-6(5-9)2-4-7;1-7-3-5-8(2)6-4-7/h1-5H,8H2;3-6H2,1-2H3. The highest BCUT2D eigenvalue weighted by Crippen LogP contribution is 2.01. The summed E-state index contributed by atoms with van der Waals surface area (Å²) in [5, 5.41) is 0. The highest BCUT2D eigenvalue weighted by atomic mass is 16.1. The van der Waals surface area contributed by atoms with Crippen LogP contribution in [0.15, 0.2) is 24.3 Å². The molecule has 0 atom stereocenters. The Bertz CT molecular complexity index is 319. The summed E-state index contributed by atoms with van der Waals surface area (Å²) in [4.78, 5) is 14.8. The molecular formula is C13H21N3O. The summed E-state index contributed by atoms with van der Waals surface area (Å²) < 4.78 is 0. The van der Waals surface area contributed by atoms with Crippen LogP contribution < -0.4 is 5.73 Å². The number of anilines is 1. The number of aldehydes is 1. The van der Waals surface area contributed by atoms with Crippen LogP contribution in [0.25, 0.3) is 0 Å². The highest BCUT2D eigenvalue weighted by Gasteiger charge is 2.07. The third kappa shape index (κ3) is 5.47. The molecule has 1 aliphatic heterocycles. The average molecular weight is 235 g/mol. The molecule has 2 rings (SSSR count). The van der Waals surface area contributed by atoms with Crippen LogP contribution in [-0.2, 0) is 0 Å². The second-order valence-electron chi connectivity index (χ2n) is 4.39. The molecule has 0 bridgehead atoms. The van der Waals surface area contributed by atoms with Gasteiger partial charge in [-0.3, -0.25) is 4.79 Å². The second kappa shape index (κ2) is 7.04. The number of hydrogen-bond acceptors (Lipinski definition) is 4. The third-order valence-electron chi connectivity index (χ3n) is 2.80. The predicted octanol–water partition coefficient (Wildman–Crippen LogP) is 0.945. The van der Waals surface area contributed by atoms with E-state index in [0.717, 1.165) is 6.29 Å². The number of carbonyl (C=O) groups excluding carboxylic acids is 1. The van der Waals surface area contributed by atoms with Crippen LogP contribution in [0.5, 0.6) is 0 Å². The first-order valence-corrected chi connectivity index (χ1v) is 5.79. The molecule has 1 aromatic rings. The lowest BCUT2D eigenvalue weighted by molar-refractivity contribution is 0.112. The van der Waals surface area contributed by atoms with E-state index in [-0.39, 0.29) is 0 Å². The molecule has 1 aromatic carbocycles. The minimum absolute atomic E-state index is 0.657. The fourth-order valence-corrected chi connectivity index (χ4v) is 1.48. The summed E-state index contributed by atoms with van der Waals surface area (Å²) in [5.74, 6) is 0. The number of nitrogens with zero attached hydrogens (tertiary/aromatic N) is 2. The quantitative estimate of drug-likeness (QED) is 0.581. The second-order valence-corrected chi connectivity index (χ2v) is 4.39. The Morgan fingerprint density at radius 3 is 1.76 bits per heavy atom. The van der Waals surface area contributed by atoms with Crippen LogP contribution in [0.1, 0.15) is 10.4 Å². The lowest BCUT2D eigenvalue weighted by Crippen LogP contribution is -2.42. The molecule has 2 N–H and O–H groups in total. The molecule has 17 heavy (non-hydrogen) atoms. The van der Waals surface area contributed by atoms with Crippen molar-refractivity contribution < 1.29 is 4.79 Å². The first kappa shape index (κ1) is 13.7. The number of benzene rings is 1. The van der Waals surface area contributed by atoms with Gasteiger partial charge in [-0.1, -0.05) is 0 Å². The van der Waals surface area contributed by atoms with Gasteiger partial charge in [0, 0.05) is 37.4 Å². The normalized spacial score (nSPS) is 17.1. The van der Waals surface area contributed by atoms with Crippen molar-refractivity contribution in [2.45, 2.75) is 0 Å². The van der Waals surface area contributed by atoms with Crippen molar-refractivity contribution in [3.63, 3.8) is 0 Å². The number of rotatable bonds is 1. The van der Waals surface area contributed by atoms with Crippen molar-refractivity contribution in [3.05, 3.63) is 29.8 Å². The van der Waals surface area contributed by atoms with Crippen LogP contribution >= 0.6 is 0 Å². The Morgan fingerprint density at radius 2 is 1.41 bits per heavy atom. The molecule has 1 heterocycles. The number of nitrogens with two attached hydrogens (primary N) is 1. The van der Waals surface area contributed by atoms with Gasteiger partial charge >= 0.3 is 0 Å². The molecule has 94 valence electrons. The van der Waals surface area contributed by atoms with Crippen molar-refractivity contribution in [3.8, 4) is 0 Å². The summed E-state index contributed by atoms with van der Waals surface area (Å²) in [6.07, 6.45) is 0.791. The lowest BCUT2D eigenvalue weighted by atomic mass is 10.2. The van der Waals surface area contributed by atoms with Gasteiger partial charge in [0.1, 0.15) is 6.29 Å². The summed E-state index contributed by atoms with van der Waals surface area (Å²) in [6.45, 7) is 4.93. The zero-order valence-corrected chi connectivity index (χ0v) is 10.6. The van der Waals surface area contributed by atoms with Gasteiger partial charge in [-0.2, -0.15) is 0 Å². The van der Waals surface area contributed by atoms with Crippen LogP contribution in [0.4, 0.5) is 5.69 Å². The Labute approximate surface area is 103 Å². The summed E-state index contributed by atoms with van der Waals surface area (Å²) in [7, 11) is 4.35. The first-order chi connectivity index (χ1) is 8.11. The minimum Gasteiger partial charge on any atom is -0.399 e. The molecule has 0 aliphatic carbocycles. The largest absolute Gasteiger partial charge is 0.399 e. The predicted molar refractivity (Wildman–Crippen MR) is 71.2 cm³/mol. The van der Waals surface area contributed by atoms with E-state index in [1.54, 1.807) is 24.3 Å². The lowest BCUT2D eigenvalue weighted by Gasteiger charge is -2.28. The van der Waals surface area contributed by atoms with E-state index in [4.69, 9.17) is 5.73 Å². The molecule has 4 heteroatoms. The van der Waals surface area contributed by atoms with Crippen molar-refractivity contribution in [1.82, 2.24) is 9.80 Å². The maximum atomic E-state index is 10.1. The Kier molecular flexibility index (Phi) is 5.66. The van der Waals surface area contributed by atoms with Gasteiger partial charge in [-0.05, 0) is 38.4 Å². The number of carbonyl (C=O) groups is 1. The van der Waals surface area contributed by atoms with E-state index in [2.05, 4.69) is 23.9 Å². The summed E-state index contributed by atoms with van der Waals surface area (Å²) >= 11 is 0. The molecule has 1 saturated heterocycles. The Morgan fingerprint density at radius 1 is 1.00 bits per heavy atom. The molecule has 0 amide bonds. The van der Waals surface area contributed by atoms with Crippen molar-refractivity contribution >= 4 is 12.0 Å². The molecule has 0 saturated carbocycles. The first-order valence-electron chi connectivity index (χ1n) is 5.79. The SMILES string of the molecule is CN1CCN(C)CC1.Nc1ccc(C=O)cc1. The van der Waals surface area contributed by atoms with Crippen LogP contribution in [-0.4, -0.2) is 56.4 Å². The number of likely N-dealkylation sites (N-methyl/N-ethyl adjacent to an activating group) is 2. The number of piperazine rings is 1. The zero-order valence-electron chi connectivity index (χ0n) is 10.6. The van der Waals surface area contributed by atoms with Crippen LogP contribution in [0.3, 0.4) is 0 Å². The van der Waals surface area contributed by atoms with E-state index in [1.165, 1.54) is 26.2 Å². The van der Waals surface area contributed by atoms with E-state index in [0.29, 0.717) is 11.3 Å². The Balaban J connectivity index is 0.000000171. The van der Waals surface area contributed by atoms with Crippen molar-refractivity contribution in [2.24, 2.45) is 0 Å². The van der Waals surface area contributed by atoms with Crippen LogP contribution in [0, 0.1) is 0 Å². The summed E-state index contributed by atoms with van der Waals surface area (Å²) in [5.41, 5.74) is 6.70. The molecule has 0 spiro atoms. The molecule has 0 unspecified atom stereocenters. The van der Waals surface area contributed by atoms with Crippen molar-refractivity contribution in [2.75, 3.05) is 46.0 Å². The van der Waals surface area contributed by atoms with E-state index in [1.807, 2.05) is 0 Å². The zero-order chi connectivity index (χ0) is 12.7. The molecule has 0 radical (unpaired) electrons. The van der Waals surface area contributed by atoms with Gasteiger partial charge in [-0.15, -0.1) is 0 Å². The summed E-state index contributed by atoms with van der Waals surface area (Å²) in [6, 6.07) is 6.76. The van der Waals surface area contributed by atoms with Gasteiger partial charge in [0.2, 0.25) is 0 Å². The van der Waals surface area contributed by atoms with E-state index in [9.17, 15) is 4.79 Å². The topological polar surface area (TPSA) is 49.6 Å². The molecule has 4 nitrogen and oxygen atoms in total. The van der Waals surface area contributed by atoms with Gasteiger partial charge in [0.05, 0.1) is 0 Å². The minimum atomic E-state index is 0.657. The van der Waals surface area contributed by atoms with E-state index >= 15 is 0 Å².